The summed E-state index contributed by atoms with van der Waals surface area (Å²) in [6.45, 7) is 5.40. The van der Waals surface area contributed by atoms with Gasteiger partial charge in [0.15, 0.2) is 0 Å². The van der Waals surface area contributed by atoms with Gasteiger partial charge in [-0.2, -0.15) is 0 Å². The number of fused-ring (bicyclic) bond motifs is 1. The van der Waals surface area contributed by atoms with Gasteiger partial charge in [0.25, 0.3) is 0 Å². The van der Waals surface area contributed by atoms with Gasteiger partial charge in [-0.25, -0.2) is 9.97 Å². The third kappa shape index (κ3) is 2.90. The van der Waals surface area contributed by atoms with Gasteiger partial charge in [0, 0.05) is 23.5 Å². The maximum Gasteiger partial charge on any atom is 0.141 e. The molecule has 0 spiro atoms. The van der Waals surface area contributed by atoms with Crippen molar-refractivity contribution in [1.82, 2.24) is 9.97 Å². The lowest BCUT2D eigenvalue weighted by molar-refractivity contribution is 0.377. The van der Waals surface area contributed by atoms with Gasteiger partial charge in [0.05, 0.1) is 5.39 Å². The zero-order chi connectivity index (χ0) is 14.8. The molecule has 1 saturated carbocycles. The highest BCUT2D eigenvalue weighted by Gasteiger charge is 2.25. The van der Waals surface area contributed by atoms with Gasteiger partial charge in [-0.3, -0.25) is 0 Å². The zero-order valence-electron chi connectivity index (χ0n) is 12.9. The number of nitrogens with zero attached hydrogens (tertiary/aromatic N) is 3. The second-order valence-corrected chi connectivity index (χ2v) is 6.95. The Labute approximate surface area is 130 Å². The van der Waals surface area contributed by atoms with Crippen LogP contribution in [-0.4, -0.2) is 28.6 Å². The average molecular weight is 304 g/mol. The summed E-state index contributed by atoms with van der Waals surface area (Å²) in [6, 6.07) is 3.23. The van der Waals surface area contributed by atoms with Crippen LogP contribution in [0, 0.1) is 0 Å². The van der Waals surface area contributed by atoms with E-state index in [1.165, 1.54) is 23.1 Å². The van der Waals surface area contributed by atoms with Crippen LogP contribution in [0.25, 0.3) is 10.2 Å². The summed E-state index contributed by atoms with van der Waals surface area (Å²) in [5.74, 6) is 1.11. The molecule has 1 fully saturated rings. The van der Waals surface area contributed by atoms with Crippen molar-refractivity contribution in [3.8, 4) is 0 Å². The van der Waals surface area contributed by atoms with Gasteiger partial charge in [0.1, 0.15) is 17.0 Å². The molecule has 3 rings (SSSR count). The van der Waals surface area contributed by atoms with Crippen LogP contribution in [0.2, 0.25) is 0 Å². The normalized spacial score (nSPS) is 22.6. The Morgan fingerprint density at radius 3 is 2.67 bits per heavy atom. The Bertz CT molecular complexity index is 601. The fraction of sp³-hybridized carbons (Fsp3) is 0.625. The molecule has 2 N–H and O–H groups in total. The van der Waals surface area contributed by atoms with Crippen LogP contribution in [0.3, 0.4) is 0 Å². The van der Waals surface area contributed by atoms with Crippen LogP contribution in [0.4, 0.5) is 5.82 Å². The predicted molar refractivity (Wildman–Crippen MR) is 90.0 cm³/mol. The maximum atomic E-state index is 6.05. The first-order valence-corrected chi connectivity index (χ1v) is 8.80. The summed E-state index contributed by atoms with van der Waals surface area (Å²) < 4.78 is 0. The molecule has 1 aliphatic rings. The molecule has 0 radical (unpaired) electrons. The van der Waals surface area contributed by atoms with Crippen molar-refractivity contribution in [2.45, 2.75) is 58.0 Å². The van der Waals surface area contributed by atoms with Crippen molar-refractivity contribution < 1.29 is 0 Å². The molecule has 5 heteroatoms. The highest BCUT2D eigenvalue weighted by Crippen LogP contribution is 2.33. The van der Waals surface area contributed by atoms with E-state index in [1.807, 2.05) is 0 Å². The number of aryl methyl sites for hydroxylation is 1. The van der Waals surface area contributed by atoms with Crippen LogP contribution < -0.4 is 10.6 Å². The number of nitrogens with two attached hydrogens (primary N) is 1. The van der Waals surface area contributed by atoms with Crippen molar-refractivity contribution in [3.63, 3.8) is 0 Å². The fourth-order valence-electron chi connectivity index (χ4n) is 3.29. The van der Waals surface area contributed by atoms with Crippen molar-refractivity contribution in [2.75, 3.05) is 11.4 Å². The molecule has 2 aromatic heterocycles. The van der Waals surface area contributed by atoms with E-state index in [1.54, 1.807) is 17.7 Å². The number of hydrogen-bond donors (Lipinski definition) is 1. The molecule has 2 aromatic rings. The van der Waals surface area contributed by atoms with Crippen LogP contribution >= 0.6 is 11.3 Å². The highest BCUT2D eigenvalue weighted by molar-refractivity contribution is 7.18. The first-order valence-electron chi connectivity index (χ1n) is 7.98. The molecule has 114 valence electrons. The first-order chi connectivity index (χ1) is 10.2. The summed E-state index contributed by atoms with van der Waals surface area (Å²) in [6.07, 6.45) is 7.37. The van der Waals surface area contributed by atoms with E-state index in [2.05, 4.69) is 34.8 Å². The number of hydrogen-bond acceptors (Lipinski definition) is 5. The van der Waals surface area contributed by atoms with Gasteiger partial charge in [0.2, 0.25) is 0 Å². The number of aromatic nitrogens is 2. The van der Waals surface area contributed by atoms with Gasteiger partial charge < -0.3 is 10.6 Å². The SMILES string of the molecule is CCc1cc2c(N(CC)C3CCC(N)CC3)ncnc2s1. The van der Waals surface area contributed by atoms with Crippen molar-refractivity contribution >= 4 is 27.4 Å². The summed E-state index contributed by atoms with van der Waals surface area (Å²) in [5.41, 5.74) is 6.05. The summed E-state index contributed by atoms with van der Waals surface area (Å²) in [5, 5.41) is 1.22. The Hall–Kier alpha value is -1.20. The van der Waals surface area contributed by atoms with E-state index < -0.39 is 0 Å². The van der Waals surface area contributed by atoms with Crippen LogP contribution in [0.1, 0.15) is 44.4 Å². The monoisotopic (exact) mass is 304 g/mol. The average Bonchev–Trinajstić information content (AvgIpc) is 2.94. The molecule has 0 amide bonds. The topological polar surface area (TPSA) is 55.0 Å². The van der Waals surface area contributed by atoms with Crippen molar-refractivity contribution in [1.29, 1.82) is 0 Å². The Balaban J connectivity index is 1.94. The molecule has 0 bridgehead atoms. The van der Waals surface area contributed by atoms with E-state index in [4.69, 9.17) is 5.73 Å². The van der Waals surface area contributed by atoms with Gasteiger partial charge in [-0.15, -0.1) is 11.3 Å². The molecule has 0 aromatic carbocycles. The van der Waals surface area contributed by atoms with Crippen molar-refractivity contribution in [2.24, 2.45) is 5.73 Å². The Morgan fingerprint density at radius 1 is 1.24 bits per heavy atom. The molecular formula is C16H24N4S. The predicted octanol–water partition coefficient (Wildman–Crippen LogP) is 3.35. The minimum atomic E-state index is 0.387. The highest BCUT2D eigenvalue weighted by atomic mass is 32.1. The fourth-order valence-corrected chi connectivity index (χ4v) is 4.22. The summed E-state index contributed by atoms with van der Waals surface area (Å²) in [7, 11) is 0. The largest absolute Gasteiger partial charge is 0.353 e. The third-order valence-electron chi connectivity index (χ3n) is 4.50. The summed E-state index contributed by atoms with van der Waals surface area (Å²) in [4.78, 5) is 14.0. The molecule has 21 heavy (non-hydrogen) atoms. The van der Waals surface area contributed by atoms with Crippen molar-refractivity contribution in [3.05, 3.63) is 17.3 Å². The van der Waals surface area contributed by atoms with Gasteiger partial charge in [-0.1, -0.05) is 6.92 Å². The molecule has 0 saturated heterocycles. The molecular weight excluding hydrogens is 280 g/mol. The second-order valence-electron chi connectivity index (χ2n) is 5.84. The van der Waals surface area contributed by atoms with Gasteiger partial charge in [-0.05, 0) is 45.1 Å². The standard InChI is InChI=1S/C16H24N4S/c1-3-13-9-14-15(18-10-19-16(14)21-13)20(4-2)12-7-5-11(17)6-8-12/h9-12H,3-8,17H2,1-2H3. The van der Waals surface area contributed by atoms with E-state index in [0.29, 0.717) is 12.1 Å². The smallest absolute Gasteiger partial charge is 0.141 e. The Morgan fingerprint density at radius 2 is 2.00 bits per heavy atom. The third-order valence-corrected chi connectivity index (χ3v) is 5.69. The number of rotatable bonds is 4. The van der Waals surface area contributed by atoms with E-state index in [0.717, 1.165) is 36.5 Å². The van der Waals surface area contributed by atoms with E-state index >= 15 is 0 Å². The lowest BCUT2D eigenvalue weighted by Crippen LogP contribution is -2.41. The van der Waals surface area contributed by atoms with Gasteiger partial charge >= 0.3 is 0 Å². The maximum absolute atomic E-state index is 6.05. The lowest BCUT2D eigenvalue weighted by atomic mass is 9.90. The van der Waals surface area contributed by atoms with E-state index in [-0.39, 0.29) is 0 Å². The minimum absolute atomic E-state index is 0.387. The van der Waals surface area contributed by atoms with Crippen LogP contribution in [-0.2, 0) is 6.42 Å². The minimum Gasteiger partial charge on any atom is -0.353 e. The Kier molecular flexibility index (Phi) is 4.40. The number of thiophene rings is 1. The van der Waals surface area contributed by atoms with E-state index in [9.17, 15) is 0 Å². The quantitative estimate of drug-likeness (QED) is 0.941. The first kappa shape index (κ1) is 14.7. The molecule has 0 aliphatic heterocycles. The molecule has 0 atom stereocenters. The molecule has 1 aliphatic carbocycles. The second kappa shape index (κ2) is 6.28. The van der Waals surface area contributed by atoms with Crippen LogP contribution in [0.5, 0.6) is 0 Å². The zero-order valence-corrected chi connectivity index (χ0v) is 13.7. The molecule has 0 unspecified atom stereocenters. The summed E-state index contributed by atoms with van der Waals surface area (Å²) >= 11 is 1.79. The molecule has 2 heterocycles. The molecule has 4 nitrogen and oxygen atoms in total. The lowest BCUT2D eigenvalue weighted by Gasteiger charge is -2.36. The van der Waals surface area contributed by atoms with Crippen LogP contribution in [0.15, 0.2) is 12.4 Å². The number of anilines is 1.